The summed E-state index contributed by atoms with van der Waals surface area (Å²) in [6, 6.07) is 0. The second-order valence-corrected chi connectivity index (χ2v) is 6.30. The van der Waals surface area contributed by atoms with Gasteiger partial charge in [-0.3, -0.25) is 9.59 Å². The molecule has 5 nitrogen and oxygen atoms in total. The fourth-order valence-electron chi connectivity index (χ4n) is 1.42. The van der Waals surface area contributed by atoms with Gasteiger partial charge in [0.1, 0.15) is 12.2 Å². The molecule has 5 heteroatoms. The highest BCUT2D eigenvalue weighted by atomic mass is 16.5. The van der Waals surface area contributed by atoms with E-state index in [1.807, 2.05) is 0 Å². The Morgan fingerprint density at radius 1 is 1.00 bits per heavy atom. The standard InChI is InChI=1S/C14H26O5/c1-12(2,11(17)9-15)14(5,6)19-8-7-10(16)13(3,4)18/h15,18H,7-9H2,1-6H3. The van der Waals surface area contributed by atoms with E-state index in [1.54, 1.807) is 27.7 Å². The van der Waals surface area contributed by atoms with Crippen molar-refractivity contribution in [3.63, 3.8) is 0 Å². The van der Waals surface area contributed by atoms with E-state index in [1.165, 1.54) is 13.8 Å². The Hall–Kier alpha value is -0.780. The molecule has 0 saturated heterocycles. The molecule has 0 radical (unpaired) electrons. The van der Waals surface area contributed by atoms with Crippen LogP contribution >= 0.6 is 0 Å². The van der Waals surface area contributed by atoms with Crippen molar-refractivity contribution in [1.29, 1.82) is 0 Å². The normalized spacial score (nSPS) is 13.5. The Morgan fingerprint density at radius 2 is 1.47 bits per heavy atom. The predicted octanol–water partition coefficient (Wildman–Crippen LogP) is 1.10. The summed E-state index contributed by atoms with van der Waals surface area (Å²) in [6.07, 6.45) is 0.0797. The Bertz CT molecular complexity index is 336. The van der Waals surface area contributed by atoms with E-state index in [-0.39, 0.29) is 24.6 Å². The van der Waals surface area contributed by atoms with Gasteiger partial charge in [-0.05, 0) is 27.7 Å². The van der Waals surface area contributed by atoms with Crippen molar-refractivity contribution in [3.05, 3.63) is 0 Å². The van der Waals surface area contributed by atoms with Crippen LogP contribution in [0.15, 0.2) is 0 Å². The van der Waals surface area contributed by atoms with Gasteiger partial charge in [-0.25, -0.2) is 0 Å². The number of aliphatic hydroxyl groups is 2. The first-order valence-electron chi connectivity index (χ1n) is 6.40. The molecule has 0 aliphatic heterocycles. The zero-order valence-corrected chi connectivity index (χ0v) is 12.7. The molecule has 0 bridgehead atoms. The second kappa shape index (κ2) is 6.11. The topological polar surface area (TPSA) is 83.8 Å². The molecule has 0 spiro atoms. The fourth-order valence-corrected chi connectivity index (χ4v) is 1.42. The van der Waals surface area contributed by atoms with Crippen LogP contribution in [0.2, 0.25) is 0 Å². The lowest BCUT2D eigenvalue weighted by atomic mass is 9.74. The van der Waals surface area contributed by atoms with E-state index in [4.69, 9.17) is 9.84 Å². The van der Waals surface area contributed by atoms with Crippen molar-refractivity contribution in [2.75, 3.05) is 13.2 Å². The van der Waals surface area contributed by atoms with Gasteiger partial charge in [0.2, 0.25) is 0 Å². The minimum atomic E-state index is -1.37. The Labute approximate surface area is 115 Å². The van der Waals surface area contributed by atoms with Gasteiger partial charge in [0.05, 0.1) is 17.6 Å². The SMILES string of the molecule is CC(C)(O)C(=O)CCOC(C)(C)C(C)(C)C(=O)CO. The lowest BCUT2D eigenvalue weighted by Crippen LogP contribution is -2.48. The van der Waals surface area contributed by atoms with Crippen molar-refractivity contribution < 1.29 is 24.5 Å². The van der Waals surface area contributed by atoms with Crippen LogP contribution in [0.25, 0.3) is 0 Å². The number of aliphatic hydroxyl groups excluding tert-OH is 1. The highest BCUT2D eigenvalue weighted by Gasteiger charge is 2.43. The van der Waals surface area contributed by atoms with Crippen LogP contribution in [0, 0.1) is 5.41 Å². The van der Waals surface area contributed by atoms with Crippen LogP contribution in [0.1, 0.15) is 48.0 Å². The molecule has 0 aromatic heterocycles. The average molecular weight is 274 g/mol. The monoisotopic (exact) mass is 274 g/mol. The maximum absolute atomic E-state index is 11.7. The highest BCUT2D eigenvalue weighted by Crippen LogP contribution is 2.34. The Kier molecular flexibility index (Phi) is 5.86. The number of rotatable bonds is 8. The van der Waals surface area contributed by atoms with Gasteiger partial charge in [0.15, 0.2) is 11.6 Å². The molecule has 0 aliphatic rings. The van der Waals surface area contributed by atoms with Crippen LogP contribution in [0.3, 0.4) is 0 Å². The summed E-state index contributed by atoms with van der Waals surface area (Å²) in [5.74, 6) is -0.624. The first-order chi connectivity index (χ1) is 8.36. The summed E-state index contributed by atoms with van der Waals surface area (Å²) in [7, 11) is 0. The first kappa shape index (κ1) is 18.2. The number of carbonyl (C=O) groups is 2. The number of carbonyl (C=O) groups excluding carboxylic acids is 2. The van der Waals surface area contributed by atoms with E-state index < -0.39 is 23.2 Å². The molecule has 19 heavy (non-hydrogen) atoms. The van der Waals surface area contributed by atoms with Gasteiger partial charge >= 0.3 is 0 Å². The third-order valence-electron chi connectivity index (χ3n) is 3.82. The summed E-state index contributed by atoms with van der Waals surface area (Å²) < 4.78 is 5.62. The smallest absolute Gasteiger partial charge is 0.166 e. The van der Waals surface area contributed by atoms with Gasteiger partial charge < -0.3 is 14.9 Å². The number of hydrogen-bond acceptors (Lipinski definition) is 5. The molecule has 0 aromatic carbocycles. The molecule has 0 aliphatic carbocycles. The molecule has 112 valence electrons. The van der Waals surface area contributed by atoms with Crippen molar-refractivity contribution in [1.82, 2.24) is 0 Å². The van der Waals surface area contributed by atoms with Gasteiger partial charge in [-0.1, -0.05) is 13.8 Å². The van der Waals surface area contributed by atoms with E-state index in [2.05, 4.69) is 0 Å². The van der Waals surface area contributed by atoms with Crippen molar-refractivity contribution in [3.8, 4) is 0 Å². The number of Topliss-reactive ketones (excluding diaryl/α,β-unsaturated/α-hetero) is 2. The summed E-state index contributed by atoms with van der Waals surface area (Å²) in [5.41, 5.74) is -3.05. The molecule has 0 saturated carbocycles. The summed E-state index contributed by atoms with van der Waals surface area (Å²) in [5, 5.41) is 18.5. The number of ketones is 2. The van der Waals surface area contributed by atoms with Gasteiger partial charge in [-0.15, -0.1) is 0 Å². The van der Waals surface area contributed by atoms with Gasteiger partial charge in [0.25, 0.3) is 0 Å². The summed E-state index contributed by atoms with van der Waals surface area (Å²) >= 11 is 0. The molecule has 0 atom stereocenters. The largest absolute Gasteiger partial charge is 0.389 e. The van der Waals surface area contributed by atoms with Crippen molar-refractivity contribution >= 4 is 11.6 Å². The highest BCUT2D eigenvalue weighted by molar-refractivity contribution is 5.86. The Morgan fingerprint density at radius 3 is 1.84 bits per heavy atom. The molecule has 0 aromatic rings. The molecule has 0 amide bonds. The lowest BCUT2D eigenvalue weighted by molar-refractivity contribution is -0.153. The van der Waals surface area contributed by atoms with E-state index >= 15 is 0 Å². The van der Waals surface area contributed by atoms with Crippen LogP contribution in [-0.4, -0.2) is 46.2 Å². The number of ether oxygens (including phenoxy) is 1. The summed E-state index contributed by atoms with van der Waals surface area (Å²) in [4.78, 5) is 23.3. The maximum Gasteiger partial charge on any atom is 0.166 e. The minimum absolute atomic E-state index is 0.0797. The minimum Gasteiger partial charge on any atom is -0.389 e. The fraction of sp³-hybridized carbons (Fsp3) is 0.857. The quantitative estimate of drug-likeness (QED) is 0.692. The third kappa shape index (κ3) is 4.67. The molecular weight excluding hydrogens is 248 g/mol. The second-order valence-electron chi connectivity index (χ2n) is 6.30. The van der Waals surface area contributed by atoms with Crippen LogP contribution in [0.4, 0.5) is 0 Å². The maximum atomic E-state index is 11.7. The van der Waals surface area contributed by atoms with Crippen molar-refractivity contribution in [2.24, 2.45) is 5.41 Å². The molecule has 0 fully saturated rings. The van der Waals surface area contributed by atoms with E-state index in [0.717, 1.165) is 0 Å². The van der Waals surface area contributed by atoms with Crippen LogP contribution < -0.4 is 0 Å². The molecule has 0 unspecified atom stereocenters. The Balaban J connectivity index is 4.56. The lowest BCUT2D eigenvalue weighted by Gasteiger charge is -2.39. The van der Waals surface area contributed by atoms with E-state index in [0.29, 0.717) is 0 Å². The zero-order chi connectivity index (χ0) is 15.5. The van der Waals surface area contributed by atoms with Crippen LogP contribution in [-0.2, 0) is 14.3 Å². The third-order valence-corrected chi connectivity index (χ3v) is 3.82. The molecule has 2 N–H and O–H groups in total. The van der Waals surface area contributed by atoms with Crippen LogP contribution in [0.5, 0.6) is 0 Å². The van der Waals surface area contributed by atoms with Gasteiger partial charge in [-0.2, -0.15) is 0 Å². The molecular formula is C14H26O5. The average Bonchev–Trinajstić information content (AvgIpc) is 2.25. The zero-order valence-electron chi connectivity index (χ0n) is 12.7. The molecule has 0 rings (SSSR count). The summed E-state index contributed by atoms with van der Waals surface area (Å²) in [6.45, 7) is 9.33. The predicted molar refractivity (Wildman–Crippen MR) is 71.8 cm³/mol. The first-order valence-corrected chi connectivity index (χ1v) is 6.40. The number of hydrogen-bond donors (Lipinski definition) is 2. The van der Waals surface area contributed by atoms with Crippen molar-refractivity contribution in [2.45, 2.75) is 59.2 Å². The van der Waals surface area contributed by atoms with Gasteiger partial charge in [0, 0.05) is 6.42 Å². The molecule has 0 heterocycles. The van der Waals surface area contributed by atoms with E-state index in [9.17, 15) is 14.7 Å².